The minimum atomic E-state index is 0.882. The van der Waals surface area contributed by atoms with Crippen molar-refractivity contribution in [3.63, 3.8) is 0 Å². The molecule has 2 aliphatic rings. The normalized spacial score (nSPS) is 34.3. The Kier molecular flexibility index (Phi) is 2.57. The smallest absolute Gasteiger partial charge is 0.0138 e. The van der Waals surface area contributed by atoms with E-state index in [-0.39, 0.29) is 0 Å². The standard InChI is InChI=1S/C13H20/c1-10-6-3-4-8-12(10)13-9-5-7-11(13)2/h6-7,12-13H,3-5,8-9H2,1-2H3. The van der Waals surface area contributed by atoms with Crippen molar-refractivity contribution < 1.29 is 0 Å². The Balaban J connectivity index is 2.11. The Labute approximate surface area is 81.7 Å². The molecule has 0 spiro atoms. The summed E-state index contributed by atoms with van der Waals surface area (Å²) in [6.07, 6.45) is 11.8. The minimum Gasteiger partial charge on any atom is -0.0853 e. The van der Waals surface area contributed by atoms with Gasteiger partial charge in [0.15, 0.2) is 0 Å². The number of hydrogen-bond donors (Lipinski definition) is 0. The highest BCUT2D eigenvalue weighted by Gasteiger charge is 2.27. The third kappa shape index (κ3) is 1.72. The second kappa shape index (κ2) is 3.69. The van der Waals surface area contributed by atoms with Crippen molar-refractivity contribution in [1.82, 2.24) is 0 Å². The summed E-state index contributed by atoms with van der Waals surface area (Å²) in [6.45, 7) is 4.65. The molecule has 0 aromatic heterocycles. The van der Waals surface area contributed by atoms with Gasteiger partial charge in [-0.05, 0) is 57.8 Å². The Morgan fingerprint density at radius 2 is 1.54 bits per heavy atom. The first-order chi connectivity index (χ1) is 6.29. The number of allylic oxidation sites excluding steroid dienone is 4. The molecule has 0 aromatic carbocycles. The number of rotatable bonds is 1. The van der Waals surface area contributed by atoms with Gasteiger partial charge in [0, 0.05) is 0 Å². The summed E-state index contributed by atoms with van der Waals surface area (Å²) >= 11 is 0. The van der Waals surface area contributed by atoms with Crippen LogP contribution in [0.2, 0.25) is 0 Å². The fourth-order valence-electron chi connectivity index (χ4n) is 2.95. The van der Waals surface area contributed by atoms with Gasteiger partial charge in [-0.1, -0.05) is 23.3 Å². The van der Waals surface area contributed by atoms with Crippen LogP contribution in [0.15, 0.2) is 23.3 Å². The summed E-state index contributed by atoms with van der Waals surface area (Å²) in [5.41, 5.74) is 3.31. The van der Waals surface area contributed by atoms with Crippen LogP contribution in [0.3, 0.4) is 0 Å². The molecular weight excluding hydrogens is 156 g/mol. The first kappa shape index (κ1) is 9.05. The van der Waals surface area contributed by atoms with Gasteiger partial charge in [-0.2, -0.15) is 0 Å². The fourth-order valence-corrected chi connectivity index (χ4v) is 2.95. The lowest BCUT2D eigenvalue weighted by molar-refractivity contribution is 0.380. The maximum atomic E-state index is 2.46. The van der Waals surface area contributed by atoms with Crippen LogP contribution in [-0.2, 0) is 0 Å². The molecule has 0 aromatic rings. The molecule has 0 bridgehead atoms. The zero-order valence-corrected chi connectivity index (χ0v) is 8.84. The molecule has 13 heavy (non-hydrogen) atoms. The van der Waals surface area contributed by atoms with Gasteiger partial charge in [0.1, 0.15) is 0 Å². The average molecular weight is 176 g/mol. The maximum Gasteiger partial charge on any atom is -0.0138 e. The fraction of sp³-hybridized carbons (Fsp3) is 0.692. The van der Waals surface area contributed by atoms with Crippen molar-refractivity contribution in [1.29, 1.82) is 0 Å². The van der Waals surface area contributed by atoms with Gasteiger partial charge in [0.05, 0.1) is 0 Å². The lowest BCUT2D eigenvalue weighted by atomic mass is 9.77. The van der Waals surface area contributed by atoms with Gasteiger partial charge in [-0.25, -0.2) is 0 Å². The van der Waals surface area contributed by atoms with Crippen LogP contribution in [0.5, 0.6) is 0 Å². The molecule has 0 saturated carbocycles. The summed E-state index contributed by atoms with van der Waals surface area (Å²) in [5.74, 6) is 1.77. The van der Waals surface area contributed by atoms with E-state index in [4.69, 9.17) is 0 Å². The first-order valence-electron chi connectivity index (χ1n) is 5.62. The molecule has 2 rings (SSSR count). The van der Waals surface area contributed by atoms with Crippen LogP contribution >= 0.6 is 0 Å². The monoisotopic (exact) mass is 176 g/mol. The molecule has 0 aliphatic heterocycles. The maximum absolute atomic E-state index is 2.46. The predicted octanol–water partition coefficient (Wildman–Crippen LogP) is 4.09. The van der Waals surface area contributed by atoms with Gasteiger partial charge in [0.25, 0.3) is 0 Å². The molecule has 0 heterocycles. The highest BCUT2D eigenvalue weighted by atomic mass is 14.3. The lowest BCUT2D eigenvalue weighted by Crippen LogP contribution is -2.17. The molecule has 0 saturated heterocycles. The van der Waals surface area contributed by atoms with Crippen molar-refractivity contribution in [2.75, 3.05) is 0 Å². The highest BCUT2D eigenvalue weighted by molar-refractivity contribution is 5.19. The van der Waals surface area contributed by atoms with Crippen LogP contribution in [0.1, 0.15) is 46.0 Å². The topological polar surface area (TPSA) is 0 Å². The van der Waals surface area contributed by atoms with Crippen LogP contribution in [0, 0.1) is 11.8 Å². The van der Waals surface area contributed by atoms with E-state index >= 15 is 0 Å². The van der Waals surface area contributed by atoms with Gasteiger partial charge in [0.2, 0.25) is 0 Å². The van der Waals surface area contributed by atoms with E-state index in [1.807, 2.05) is 0 Å². The van der Waals surface area contributed by atoms with Crippen LogP contribution in [0.4, 0.5) is 0 Å². The molecule has 2 unspecified atom stereocenters. The zero-order valence-electron chi connectivity index (χ0n) is 8.84. The van der Waals surface area contributed by atoms with Crippen molar-refractivity contribution in [2.45, 2.75) is 46.0 Å². The summed E-state index contributed by atoms with van der Waals surface area (Å²) in [5, 5.41) is 0. The molecule has 0 radical (unpaired) electrons. The summed E-state index contributed by atoms with van der Waals surface area (Å²) < 4.78 is 0. The third-order valence-electron chi connectivity index (χ3n) is 3.78. The molecule has 0 nitrogen and oxygen atoms in total. The van der Waals surface area contributed by atoms with Gasteiger partial charge < -0.3 is 0 Å². The average Bonchev–Trinajstić information content (AvgIpc) is 2.52. The van der Waals surface area contributed by atoms with Crippen LogP contribution in [-0.4, -0.2) is 0 Å². The lowest BCUT2D eigenvalue weighted by Gasteiger charge is -2.28. The Morgan fingerprint density at radius 3 is 2.15 bits per heavy atom. The first-order valence-corrected chi connectivity index (χ1v) is 5.62. The molecule has 2 atom stereocenters. The zero-order chi connectivity index (χ0) is 9.26. The van der Waals surface area contributed by atoms with E-state index in [1.54, 1.807) is 11.1 Å². The Bertz CT molecular complexity index is 245. The SMILES string of the molecule is CC1=CCCC1C1CCCC=C1C. The molecule has 0 amide bonds. The van der Waals surface area contributed by atoms with Gasteiger partial charge in [-0.15, -0.1) is 0 Å². The van der Waals surface area contributed by atoms with E-state index in [9.17, 15) is 0 Å². The molecule has 0 fully saturated rings. The Morgan fingerprint density at radius 1 is 0.923 bits per heavy atom. The van der Waals surface area contributed by atoms with Gasteiger partial charge in [-0.3, -0.25) is 0 Å². The highest BCUT2D eigenvalue weighted by Crippen LogP contribution is 2.40. The van der Waals surface area contributed by atoms with E-state index in [2.05, 4.69) is 26.0 Å². The van der Waals surface area contributed by atoms with Crippen molar-refractivity contribution in [3.8, 4) is 0 Å². The second-order valence-corrected chi connectivity index (χ2v) is 4.62. The van der Waals surface area contributed by atoms with Crippen molar-refractivity contribution in [2.24, 2.45) is 11.8 Å². The predicted molar refractivity (Wildman–Crippen MR) is 57.6 cm³/mol. The largest absolute Gasteiger partial charge is 0.0853 e. The van der Waals surface area contributed by atoms with E-state index < -0.39 is 0 Å². The van der Waals surface area contributed by atoms with Crippen LogP contribution in [0.25, 0.3) is 0 Å². The summed E-state index contributed by atoms with van der Waals surface area (Å²) in [4.78, 5) is 0. The summed E-state index contributed by atoms with van der Waals surface area (Å²) in [6, 6.07) is 0. The quantitative estimate of drug-likeness (QED) is 0.528. The van der Waals surface area contributed by atoms with Crippen LogP contribution < -0.4 is 0 Å². The summed E-state index contributed by atoms with van der Waals surface area (Å²) in [7, 11) is 0. The Hall–Kier alpha value is -0.520. The van der Waals surface area contributed by atoms with E-state index in [0.29, 0.717) is 0 Å². The number of hydrogen-bond acceptors (Lipinski definition) is 0. The molecule has 72 valence electrons. The molecule has 0 heteroatoms. The third-order valence-corrected chi connectivity index (χ3v) is 3.78. The van der Waals surface area contributed by atoms with E-state index in [0.717, 1.165) is 11.8 Å². The van der Waals surface area contributed by atoms with Gasteiger partial charge >= 0.3 is 0 Å². The molecular formula is C13H20. The van der Waals surface area contributed by atoms with Crippen molar-refractivity contribution in [3.05, 3.63) is 23.3 Å². The van der Waals surface area contributed by atoms with E-state index in [1.165, 1.54) is 32.1 Å². The second-order valence-electron chi connectivity index (χ2n) is 4.62. The van der Waals surface area contributed by atoms with Crippen molar-refractivity contribution >= 4 is 0 Å². The molecule has 0 N–H and O–H groups in total. The minimum absolute atomic E-state index is 0.882. The molecule has 2 aliphatic carbocycles.